The molecule has 0 aliphatic heterocycles. The quantitative estimate of drug-likeness (QED) is 0.423. The van der Waals surface area contributed by atoms with Gasteiger partial charge in [-0.05, 0) is 48.4 Å². The zero-order valence-corrected chi connectivity index (χ0v) is 18.4. The molecule has 0 radical (unpaired) electrons. The number of rotatable bonds is 5. The van der Waals surface area contributed by atoms with E-state index in [4.69, 9.17) is 25.5 Å². The molecule has 1 N–H and O–H groups in total. The van der Waals surface area contributed by atoms with Crippen LogP contribution in [0.3, 0.4) is 0 Å². The largest absolute Gasteiger partial charge is 0.493 e. The Morgan fingerprint density at radius 3 is 2.44 bits per heavy atom. The van der Waals surface area contributed by atoms with Crippen LogP contribution in [0.25, 0.3) is 22.1 Å². The Hall–Kier alpha value is -3.77. The molecule has 0 aliphatic rings. The van der Waals surface area contributed by atoms with E-state index >= 15 is 0 Å². The second kappa shape index (κ2) is 8.77. The molecule has 7 heteroatoms. The Labute approximate surface area is 189 Å². The van der Waals surface area contributed by atoms with Gasteiger partial charge in [0.05, 0.1) is 35.8 Å². The van der Waals surface area contributed by atoms with Crippen molar-refractivity contribution in [2.45, 2.75) is 6.92 Å². The summed E-state index contributed by atoms with van der Waals surface area (Å²) in [7, 11) is 3.04. The van der Waals surface area contributed by atoms with Crippen LogP contribution >= 0.6 is 11.6 Å². The van der Waals surface area contributed by atoms with E-state index in [9.17, 15) is 9.59 Å². The highest BCUT2D eigenvalue weighted by atomic mass is 35.5. The van der Waals surface area contributed by atoms with Gasteiger partial charge in [0.2, 0.25) is 11.3 Å². The molecule has 32 heavy (non-hydrogen) atoms. The molecule has 162 valence electrons. The number of halogens is 1. The number of methoxy groups -OCH3 is 2. The molecule has 1 aromatic heterocycles. The van der Waals surface area contributed by atoms with E-state index in [1.807, 2.05) is 13.0 Å². The summed E-state index contributed by atoms with van der Waals surface area (Å²) in [5, 5.41) is 3.43. The van der Waals surface area contributed by atoms with Crippen molar-refractivity contribution in [3.05, 3.63) is 87.0 Å². The van der Waals surface area contributed by atoms with Gasteiger partial charge >= 0.3 is 0 Å². The highest BCUT2D eigenvalue weighted by Crippen LogP contribution is 2.36. The van der Waals surface area contributed by atoms with Crippen LogP contribution in [0.1, 0.15) is 15.9 Å². The lowest BCUT2D eigenvalue weighted by atomic mass is 10.0. The molecule has 4 rings (SSSR count). The third-order valence-electron chi connectivity index (χ3n) is 5.13. The smallest absolute Gasteiger partial charge is 0.259 e. The summed E-state index contributed by atoms with van der Waals surface area (Å²) in [6.07, 6.45) is 0. The Kier molecular flexibility index (Phi) is 5.88. The number of fused-ring (bicyclic) bond motifs is 1. The number of carbonyl (C=O) groups excluding carboxylic acids is 1. The van der Waals surface area contributed by atoms with E-state index in [0.717, 1.165) is 5.56 Å². The first kappa shape index (κ1) is 21.5. The van der Waals surface area contributed by atoms with Crippen molar-refractivity contribution in [1.82, 2.24) is 0 Å². The zero-order valence-electron chi connectivity index (χ0n) is 17.7. The molecule has 0 spiro atoms. The molecule has 4 aromatic rings. The summed E-state index contributed by atoms with van der Waals surface area (Å²) in [5.74, 6) is 0.485. The number of hydrogen-bond donors (Lipinski definition) is 1. The van der Waals surface area contributed by atoms with Crippen LogP contribution in [0.15, 0.2) is 69.9 Å². The number of para-hydroxylation sites is 1. The van der Waals surface area contributed by atoms with E-state index in [2.05, 4.69) is 5.32 Å². The van der Waals surface area contributed by atoms with Gasteiger partial charge in [0, 0.05) is 0 Å². The zero-order chi connectivity index (χ0) is 22.8. The van der Waals surface area contributed by atoms with Gasteiger partial charge in [-0.25, -0.2) is 0 Å². The van der Waals surface area contributed by atoms with E-state index in [1.165, 1.54) is 14.2 Å². The lowest BCUT2D eigenvalue weighted by Gasteiger charge is -2.14. The van der Waals surface area contributed by atoms with Crippen molar-refractivity contribution in [2.24, 2.45) is 0 Å². The normalized spacial score (nSPS) is 10.8. The molecule has 6 nitrogen and oxygen atoms in total. The van der Waals surface area contributed by atoms with E-state index in [-0.39, 0.29) is 27.5 Å². The van der Waals surface area contributed by atoms with Gasteiger partial charge < -0.3 is 13.9 Å². The predicted octanol–water partition coefficient (Wildman–Crippen LogP) is 5.69. The number of nitrogens with one attached hydrogen (secondary N) is 1. The standard InChI is InChI=1S/C25H20ClNO5/c1-14-7-6-9-17-22(28)21(15-11-12-19(30-2)20(13-15)31-3)25(32-23(14)17)27-24(29)16-8-4-5-10-18(16)26/h4-13H,1-3H3,(H,27,29). The lowest BCUT2D eigenvalue weighted by molar-refractivity contribution is 0.102. The van der Waals surface area contributed by atoms with E-state index in [1.54, 1.807) is 54.6 Å². The average Bonchev–Trinajstić information content (AvgIpc) is 2.80. The molecule has 0 saturated carbocycles. The predicted molar refractivity (Wildman–Crippen MR) is 125 cm³/mol. The summed E-state index contributed by atoms with van der Waals surface area (Å²) in [5.41, 5.74) is 1.86. The van der Waals surface area contributed by atoms with Crippen LogP contribution in [-0.4, -0.2) is 20.1 Å². The highest BCUT2D eigenvalue weighted by Gasteiger charge is 2.21. The number of benzene rings is 3. The van der Waals surface area contributed by atoms with Crippen molar-refractivity contribution in [3.8, 4) is 22.6 Å². The summed E-state index contributed by atoms with van der Waals surface area (Å²) in [6, 6.07) is 17.0. The van der Waals surface area contributed by atoms with Crippen molar-refractivity contribution in [1.29, 1.82) is 0 Å². The SMILES string of the molecule is COc1ccc(-c2c(NC(=O)c3ccccc3Cl)oc3c(C)cccc3c2=O)cc1OC. The minimum atomic E-state index is -0.492. The molecule has 1 amide bonds. The summed E-state index contributed by atoms with van der Waals surface area (Å²) < 4.78 is 16.8. The molecule has 1 heterocycles. The maximum atomic E-state index is 13.5. The molecule has 0 aliphatic carbocycles. The number of carbonyl (C=O) groups is 1. The van der Waals surface area contributed by atoms with Gasteiger partial charge in [0.25, 0.3) is 5.91 Å². The summed E-state index contributed by atoms with van der Waals surface area (Å²) in [4.78, 5) is 26.5. The fourth-order valence-electron chi connectivity index (χ4n) is 3.52. The number of hydrogen-bond acceptors (Lipinski definition) is 5. The van der Waals surface area contributed by atoms with E-state index < -0.39 is 5.91 Å². The molecule has 3 aromatic carbocycles. The van der Waals surface area contributed by atoms with Crippen LogP contribution in [0.4, 0.5) is 5.88 Å². The third-order valence-corrected chi connectivity index (χ3v) is 5.46. The van der Waals surface area contributed by atoms with Gasteiger partial charge in [-0.1, -0.05) is 41.9 Å². The van der Waals surface area contributed by atoms with Crippen LogP contribution in [0, 0.1) is 6.92 Å². The molecule has 0 atom stereocenters. The van der Waals surface area contributed by atoms with Gasteiger partial charge in [0.15, 0.2) is 11.5 Å². The van der Waals surface area contributed by atoms with Crippen molar-refractivity contribution >= 4 is 34.4 Å². The summed E-state index contributed by atoms with van der Waals surface area (Å²) >= 11 is 6.18. The number of aryl methyl sites for hydroxylation is 1. The first-order valence-corrected chi connectivity index (χ1v) is 10.2. The fraction of sp³-hybridized carbons (Fsp3) is 0.120. The second-order valence-electron chi connectivity index (χ2n) is 7.09. The molecule has 0 fully saturated rings. The third kappa shape index (κ3) is 3.81. The second-order valence-corrected chi connectivity index (χ2v) is 7.50. The molecule has 0 saturated heterocycles. The molecule has 0 bridgehead atoms. The molecular weight excluding hydrogens is 430 g/mol. The Morgan fingerprint density at radius 2 is 1.72 bits per heavy atom. The maximum Gasteiger partial charge on any atom is 0.259 e. The maximum absolute atomic E-state index is 13.5. The van der Waals surface area contributed by atoms with Gasteiger partial charge in [-0.15, -0.1) is 0 Å². The van der Waals surface area contributed by atoms with Crippen molar-refractivity contribution in [2.75, 3.05) is 19.5 Å². The first-order valence-electron chi connectivity index (χ1n) is 9.79. The Bertz CT molecular complexity index is 1390. The minimum absolute atomic E-state index is 0.0222. The van der Waals surface area contributed by atoms with Gasteiger partial charge in [-0.2, -0.15) is 0 Å². The van der Waals surface area contributed by atoms with Crippen molar-refractivity contribution in [3.63, 3.8) is 0 Å². The van der Waals surface area contributed by atoms with Crippen molar-refractivity contribution < 1.29 is 18.7 Å². The first-order chi connectivity index (χ1) is 15.4. The highest BCUT2D eigenvalue weighted by molar-refractivity contribution is 6.34. The minimum Gasteiger partial charge on any atom is -0.493 e. The fourth-order valence-corrected chi connectivity index (χ4v) is 3.74. The van der Waals surface area contributed by atoms with Crippen LogP contribution in [0.5, 0.6) is 11.5 Å². The molecular formula is C25H20ClNO5. The average molecular weight is 450 g/mol. The lowest BCUT2D eigenvalue weighted by Crippen LogP contribution is -2.17. The Balaban J connectivity index is 1.95. The van der Waals surface area contributed by atoms with Crippen LogP contribution < -0.4 is 20.2 Å². The number of anilines is 1. The molecule has 0 unspecified atom stereocenters. The summed E-state index contributed by atoms with van der Waals surface area (Å²) in [6.45, 7) is 1.83. The number of amides is 1. The van der Waals surface area contributed by atoms with Crippen LogP contribution in [-0.2, 0) is 0 Å². The Morgan fingerprint density at radius 1 is 0.969 bits per heavy atom. The van der Waals surface area contributed by atoms with Gasteiger partial charge in [-0.3, -0.25) is 14.9 Å². The number of ether oxygens (including phenoxy) is 2. The van der Waals surface area contributed by atoms with Gasteiger partial charge in [0.1, 0.15) is 5.58 Å². The topological polar surface area (TPSA) is 77.8 Å². The van der Waals surface area contributed by atoms with Crippen LogP contribution in [0.2, 0.25) is 5.02 Å². The van der Waals surface area contributed by atoms with E-state index in [0.29, 0.717) is 28.0 Å². The monoisotopic (exact) mass is 449 g/mol.